The lowest BCUT2D eigenvalue weighted by atomic mass is 9.32. The Bertz CT molecular complexity index is 2150. The summed E-state index contributed by atoms with van der Waals surface area (Å²) in [5, 5.41) is 26.6. The van der Waals surface area contributed by atoms with Crippen LogP contribution in [0.2, 0.25) is 0 Å². The van der Waals surface area contributed by atoms with Crippen molar-refractivity contribution < 1.29 is 86.0 Å². The third kappa shape index (κ3) is 4.77. The molecule has 1 aromatic heterocycles. The van der Waals surface area contributed by atoms with E-state index in [2.05, 4.69) is 0 Å². The van der Waals surface area contributed by atoms with E-state index in [1.165, 1.54) is 32.6 Å². The second-order valence-electron chi connectivity index (χ2n) is 19.2. The lowest BCUT2D eigenvalue weighted by Crippen LogP contribution is -2.97. The zero-order valence-electron chi connectivity index (χ0n) is 36.3. The summed E-state index contributed by atoms with van der Waals surface area (Å²) in [6, 6.07) is 1.51. The van der Waals surface area contributed by atoms with Crippen LogP contribution in [0.4, 0.5) is 0 Å². The van der Waals surface area contributed by atoms with Crippen LogP contribution in [0.5, 0.6) is 0 Å². The van der Waals surface area contributed by atoms with Gasteiger partial charge in [0.25, 0.3) is 5.97 Å². The summed E-state index contributed by atoms with van der Waals surface area (Å²) in [4.78, 5) is 83.8. The molecule has 4 aliphatic carbocycles. The number of allylic oxidation sites excluding steroid dienone is 1. The van der Waals surface area contributed by atoms with Crippen molar-refractivity contribution >= 4 is 35.8 Å². The molecule has 6 unspecified atom stereocenters. The normalized spacial score (nSPS) is 46.7. The van der Waals surface area contributed by atoms with Crippen LogP contribution in [0, 0.1) is 39.9 Å². The van der Waals surface area contributed by atoms with Crippen molar-refractivity contribution in [3.63, 3.8) is 0 Å². The highest BCUT2D eigenvalue weighted by atomic mass is 16.9. The maximum atomic E-state index is 15.0. The van der Waals surface area contributed by atoms with Crippen LogP contribution >= 0.6 is 0 Å². The van der Waals surface area contributed by atoms with Gasteiger partial charge in [-0.3, -0.25) is 24.0 Å². The number of aliphatic hydroxyl groups is 2. The molecule has 2 spiro atoms. The van der Waals surface area contributed by atoms with Crippen LogP contribution in [0.1, 0.15) is 101 Å². The second kappa shape index (κ2) is 13.0. The Hall–Kier alpha value is -4.52. The summed E-state index contributed by atoms with van der Waals surface area (Å²) < 4.78 is 64.1. The molecule has 7 aliphatic rings. The average Bonchev–Trinajstić information content (AvgIpc) is 3.86. The molecule has 7 fully saturated rings. The fourth-order valence-electron chi connectivity index (χ4n) is 13.7. The van der Waals surface area contributed by atoms with Crippen molar-refractivity contribution in [3.05, 3.63) is 35.5 Å². The van der Waals surface area contributed by atoms with E-state index < -0.39 is 152 Å². The maximum Gasteiger partial charge on any atom is 0.338 e. The van der Waals surface area contributed by atoms with Crippen molar-refractivity contribution in [1.82, 2.24) is 0 Å². The SMILES string of the molecule is COC(=O)C[C@H]1C2(C)CC34OC5(C)O[C@@]6([C@H](OC(C)=O)C(OC(C)=O)[C@]7(C)C(/C(=C(/O)C(C)C)C(=O)O[C@H]7c7ccoc7)[C@@]6(O5)[C@H](OC(C)=O)[C@@]3(O)C2OC(=O)C(C)C)[C@]14C. The molecule has 18 nitrogen and oxygen atoms in total. The highest BCUT2D eigenvalue weighted by molar-refractivity contribution is 5.92. The Balaban J connectivity index is 1.62. The lowest BCUT2D eigenvalue weighted by molar-refractivity contribution is -0.490. The van der Waals surface area contributed by atoms with Crippen molar-refractivity contribution in [3.8, 4) is 0 Å². The minimum Gasteiger partial charge on any atom is -0.511 e. The van der Waals surface area contributed by atoms with Crippen LogP contribution in [0.25, 0.3) is 0 Å². The number of hydrogen-bond acceptors (Lipinski definition) is 18. The van der Waals surface area contributed by atoms with Gasteiger partial charge >= 0.3 is 35.8 Å². The van der Waals surface area contributed by atoms with E-state index in [1.807, 2.05) is 0 Å². The average molecular weight is 859 g/mol. The molecule has 334 valence electrons. The van der Waals surface area contributed by atoms with Crippen LogP contribution in [-0.2, 0) is 71.4 Å². The van der Waals surface area contributed by atoms with Gasteiger partial charge in [0.05, 0.1) is 36.5 Å². The molecule has 0 radical (unpaired) electrons. The highest BCUT2D eigenvalue weighted by Crippen LogP contribution is 2.90. The summed E-state index contributed by atoms with van der Waals surface area (Å²) in [6.45, 7) is 16.1. The van der Waals surface area contributed by atoms with E-state index in [-0.39, 0.29) is 12.0 Å². The number of methoxy groups -OCH3 is 1. The zero-order valence-corrected chi connectivity index (χ0v) is 36.3. The van der Waals surface area contributed by atoms with E-state index in [9.17, 15) is 39.0 Å². The van der Waals surface area contributed by atoms with Crippen LogP contribution in [-0.4, -0.2) is 106 Å². The first kappa shape index (κ1) is 43.1. The second-order valence-corrected chi connectivity index (χ2v) is 19.2. The van der Waals surface area contributed by atoms with Gasteiger partial charge in [-0.1, -0.05) is 48.5 Å². The van der Waals surface area contributed by atoms with Crippen molar-refractivity contribution in [2.24, 2.45) is 39.9 Å². The predicted octanol–water partition coefficient (Wildman–Crippen LogP) is 3.67. The zero-order chi connectivity index (χ0) is 45.0. The number of ether oxygens (including phenoxy) is 9. The van der Waals surface area contributed by atoms with Crippen molar-refractivity contribution in [2.75, 3.05) is 7.11 Å². The number of aliphatic hydroxyl groups excluding tert-OH is 1. The van der Waals surface area contributed by atoms with Crippen LogP contribution in [0.15, 0.2) is 34.3 Å². The molecule has 4 bridgehead atoms. The molecular weight excluding hydrogens is 804 g/mol. The number of carbonyl (C=O) groups is 6. The summed E-state index contributed by atoms with van der Waals surface area (Å²) >= 11 is 0. The first-order valence-corrected chi connectivity index (χ1v) is 20.5. The molecule has 8 rings (SSSR count). The van der Waals surface area contributed by atoms with E-state index in [4.69, 9.17) is 47.0 Å². The molecule has 3 aliphatic heterocycles. The lowest BCUT2D eigenvalue weighted by Gasteiger charge is -2.78. The smallest absolute Gasteiger partial charge is 0.338 e. The minimum atomic E-state index is -2.63. The maximum absolute atomic E-state index is 15.0. The molecule has 61 heavy (non-hydrogen) atoms. The number of hydrogen-bond donors (Lipinski definition) is 2. The topological polar surface area (TPSA) is 239 Å². The van der Waals surface area contributed by atoms with Crippen molar-refractivity contribution in [2.45, 2.75) is 148 Å². The van der Waals surface area contributed by atoms with E-state index in [1.54, 1.807) is 48.5 Å². The molecule has 4 saturated carbocycles. The predicted molar refractivity (Wildman–Crippen MR) is 201 cm³/mol. The van der Waals surface area contributed by atoms with Gasteiger partial charge in [0.1, 0.15) is 23.6 Å². The third-order valence-corrected chi connectivity index (χ3v) is 15.3. The molecule has 18 heteroatoms. The Morgan fingerprint density at radius 2 is 1.48 bits per heavy atom. The van der Waals surface area contributed by atoms with E-state index >= 15 is 0 Å². The van der Waals surface area contributed by atoms with Crippen LogP contribution < -0.4 is 0 Å². The van der Waals surface area contributed by atoms with Crippen molar-refractivity contribution in [1.29, 1.82) is 0 Å². The van der Waals surface area contributed by atoms with E-state index in [0.717, 1.165) is 20.8 Å². The molecule has 0 aromatic carbocycles. The Morgan fingerprint density at radius 3 is 2.02 bits per heavy atom. The quantitative estimate of drug-likeness (QED) is 0.156. The number of cyclic esters (lactones) is 1. The summed E-state index contributed by atoms with van der Waals surface area (Å²) in [5.41, 5.74) is -15.1. The van der Waals surface area contributed by atoms with E-state index in [0.29, 0.717) is 0 Å². The van der Waals surface area contributed by atoms with Gasteiger partial charge in [-0.25, -0.2) is 4.79 Å². The van der Waals surface area contributed by atoms with Gasteiger partial charge in [0, 0.05) is 62.3 Å². The van der Waals surface area contributed by atoms with Gasteiger partial charge in [-0.2, -0.15) is 0 Å². The number of esters is 6. The molecule has 15 atom stereocenters. The summed E-state index contributed by atoms with van der Waals surface area (Å²) in [7, 11) is 1.19. The Labute approximate surface area is 351 Å². The first-order chi connectivity index (χ1) is 28.3. The summed E-state index contributed by atoms with van der Waals surface area (Å²) in [6.07, 6.45) is -6.67. The Morgan fingerprint density at radius 1 is 0.852 bits per heavy atom. The first-order valence-electron chi connectivity index (χ1n) is 20.5. The molecule has 0 amide bonds. The summed E-state index contributed by atoms with van der Waals surface area (Å²) in [5.74, 6) is -12.4. The van der Waals surface area contributed by atoms with Gasteiger partial charge in [0.2, 0.25) is 0 Å². The molecule has 1 aromatic rings. The Kier molecular flexibility index (Phi) is 9.21. The van der Waals surface area contributed by atoms with Gasteiger partial charge < -0.3 is 57.3 Å². The third-order valence-electron chi connectivity index (χ3n) is 15.3. The van der Waals surface area contributed by atoms with Gasteiger partial charge in [-0.15, -0.1) is 0 Å². The fraction of sp³-hybridized carbons (Fsp3) is 0.721. The fourth-order valence-corrected chi connectivity index (χ4v) is 13.7. The van der Waals surface area contributed by atoms with Gasteiger partial charge in [0.15, 0.2) is 35.1 Å². The van der Waals surface area contributed by atoms with Gasteiger partial charge in [-0.05, 0) is 18.4 Å². The molecule has 3 saturated heterocycles. The number of carbonyl (C=O) groups excluding carboxylic acids is 6. The standard InChI is InChI=1S/C43H54O18/c1-18(2)27(48)26-28-37(9,29(57-33(26)50)23-13-14-53-16-23)30(54-20(5)44)31(55-21(6)45)43-38(10)24(15-25(47)52-12)36(8)17-40(38)41(51,34(36)58-32(49)19(3)4)35(56-22(7)46)42(28,43)60-39(11,59-40)61-43/h13-14,16,18-19,24,28-31,34-35,48,51H,15,17H2,1-12H3/b27-26-/t24-,28?,29-,30?,31+,34?,35+,36?,37+,38+,39?,40?,41-,42+,43-/m0/s1. The largest absolute Gasteiger partial charge is 0.511 e. The monoisotopic (exact) mass is 858 g/mol. The number of rotatable bonds is 9. The number of fused-ring (bicyclic) bond motifs is 3. The molecule has 2 N–H and O–H groups in total. The number of furan rings is 1. The molecule has 4 heterocycles. The van der Waals surface area contributed by atoms with Crippen LogP contribution in [0.3, 0.4) is 0 Å². The highest BCUT2D eigenvalue weighted by Gasteiger charge is 3.07. The minimum absolute atomic E-state index is 0.185. The molecular formula is C43H54O18.